The van der Waals surface area contributed by atoms with Gasteiger partial charge in [-0.1, -0.05) is 46.6 Å². The van der Waals surface area contributed by atoms with Gasteiger partial charge in [0, 0.05) is 17.0 Å². The standard InChI is InChI=1S/C32H29Cl2NO6/c1-17-4-3-5-25(33)28(17)29-23(30(41-35-29)18-6-7-18)16-40-21-9-10-24(26(34)13-21)32(38)14-20(15-32)22-12-19(31(36)37)8-11-27(22)39-2/h3-5,8-13,18,20,38H,6-7,14-16H2,1-2H3,(H,36,37). The number of aliphatic hydroxyl groups is 1. The van der Waals surface area contributed by atoms with Crippen LogP contribution in [-0.4, -0.2) is 28.4 Å². The number of carboxylic acids is 1. The van der Waals surface area contributed by atoms with E-state index >= 15 is 0 Å². The van der Waals surface area contributed by atoms with E-state index in [1.807, 2.05) is 25.1 Å². The van der Waals surface area contributed by atoms with Crippen molar-refractivity contribution < 1.29 is 29.0 Å². The van der Waals surface area contributed by atoms with E-state index in [0.717, 1.165) is 40.9 Å². The van der Waals surface area contributed by atoms with E-state index in [1.165, 1.54) is 6.07 Å². The number of benzene rings is 3. The molecular formula is C32H29Cl2NO6. The molecular weight excluding hydrogens is 565 g/mol. The van der Waals surface area contributed by atoms with Crippen molar-refractivity contribution in [2.75, 3.05) is 7.11 Å². The lowest BCUT2D eigenvalue weighted by molar-refractivity contribution is -0.0553. The second kappa shape index (κ2) is 10.7. The van der Waals surface area contributed by atoms with Crippen LogP contribution in [0.3, 0.4) is 0 Å². The summed E-state index contributed by atoms with van der Waals surface area (Å²) in [5.74, 6) is 1.24. The Balaban J connectivity index is 1.20. The summed E-state index contributed by atoms with van der Waals surface area (Å²) in [6.07, 6.45) is 2.88. The number of nitrogens with zero attached hydrogens (tertiary/aromatic N) is 1. The Labute approximate surface area is 247 Å². The Bertz CT molecular complexity index is 1620. The lowest BCUT2D eigenvalue weighted by atomic mass is 9.64. The Morgan fingerprint density at radius 3 is 2.51 bits per heavy atom. The molecule has 1 aromatic heterocycles. The molecule has 41 heavy (non-hydrogen) atoms. The number of aryl methyl sites for hydroxylation is 1. The van der Waals surface area contributed by atoms with Crippen molar-refractivity contribution in [1.82, 2.24) is 5.16 Å². The van der Waals surface area contributed by atoms with Crippen LogP contribution in [0.5, 0.6) is 11.5 Å². The Kier molecular flexibility index (Phi) is 7.22. The number of carbonyl (C=O) groups is 1. The summed E-state index contributed by atoms with van der Waals surface area (Å²) in [5, 5.41) is 26.2. The summed E-state index contributed by atoms with van der Waals surface area (Å²) in [7, 11) is 1.55. The molecule has 0 aliphatic heterocycles. The number of halogens is 2. The normalized spacial score (nSPS) is 20.0. The molecule has 3 aromatic carbocycles. The molecule has 212 valence electrons. The van der Waals surface area contributed by atoms with Gasteiger partial charge in [-0.3, -0.25) is 0 Å². The molecule has 7 nitrogen and oxygen atoms in total. The summed E-state index contributed by atoms with van der Waals surface area (Å²) >= 11 is 13.2. The number of ether oxygens (including phenoxy) is 2. The van der Waals surface area contributed by atoms with Crippen molar-refractivity contribution in [2.24, 2.45) is 0 Å². The fourth-order valence-corrected chi connectivity index (χ4v) is 6.41. The van der Waals surface area contributed by atoms with Crippen LogP contribution in [-0.2, 0) is 12.2 Å². The second-order valence-corrected chi connectivity index (χ2v) is 11.7. The minimum atomic E-state index is -1.15. The number of aromatic carboxylic acids is 1. The maximum atomic E-state index is 11.5. The van der Waals surface area contributed by atoms with Crippen LogP contribution >= 0.6 is 23.2 Å². The number of aromatic nitrogens is 1. The Morgan fingerprint density at radius 2 is 1.85 bits per heavy atom. The van der Waals surface area contributed by atoms with Crippen LogP contribution in [0.25, 0.3) is 11.3 Å². The molecule has 0 amide bonds. The van der Waals surface area contributed by atoms with Gasteiger partial charge in [0.2, 0.25) is 0 Å². The fraction of sp³-hybridized carbons (Fsp3) is 0.312. The summed E-state index contributed by atoms with van der Waals surface area (Å²) in [4.78, 5) is 11.5. The molecule has 0 spiro atoms. The van der Waals surface area contributed by atoms with Crippen molar-refractivity contribution in [2.45, 2.75) is 56.7 Å². The van der Waals surface area contributed by atoms with E-state index in [-0.39, 0.29) is 18.1 Å². The van der Waals surface area contributed by atoms with Crippen LogP contribution in [0.2, 0.25) is 10.0 Å². The lowest BCUT2D eigenvalue weighted by Crippen LogP contribution is -2.40. The predicted octanol–water partition coefficient (Wildman–Crippen LogP) is 7.89. The van der Waals surface area contributed by atoms with Crippen molar-refractivity contribution >= 4 is 29.2 Å². The molecule has 0 saturated heterocycles. The average molecular weight is 594 g/mol. The quantitative estimate of drug-likeness (QED) is 0.203. The number of carboxylic acid groups (broad SMARTS) is 1. The van der Waals surface area contributed by atoms with E-state index in [9.17, 15) is 15.0 Å². The van der Waals surface area contributed by atoms with Crippen LogP contribution in [0.4, 0.5) is 0 Å². The third-order valence-electron chi connectivity index (χ3n) is 8.14. The van der Waals surface area contributed by atoms with Gasteiger partial charge in [-0.15, -0.1) is 0 Å². The van der Waals surface area contributed by atoms with Crippen molar-refractivity contribution in [3.63, 3.8) is 0 Å². The van der Waals surface area contributed by atoms with Crippen LogP contribution in [0.15, 0.2) is 59.1 Å². The SMILES string of the molecule is COc1ccc(C(=O)O)cc1C1CC(O)(c2ccc(OCc3c(-c4c(C)cccc4Cl)noc3C3CC3)cc2Cl)C1. The minimum Gasteiger partial charge on any atom is -0.496 e. The lowest BCUT2D eigenvalue weighted by Gasteiger charge is -2.45. The third-order valence-corrected chi connectivity index (χ3v) is 8.76. The van der Waals surface area contributed by atoms with Crippen LogP contribution in [0, 0.1) is 6.92 Å². The maximum Gasteiger partial charge on any atom is 0.335 e. The molecule has 2 saturated carbocycles. The van der Waals surface area contributed by atoms with E-state index in [4.69, 9.17) is 37.2 Å². The highest BCUT2D eigenvalue weighted by molar-refractivity contribution is 6.33. The molecule has 9 heteroatoms. The van der Waals surface area contributed by atoms with Gasteiger partial charge in [0.05, 0.1) is 33.9 Å². The Morgan fingerprint density at radius 1 is 1.07 bits per heavy atom. The molecule has 2 fully saturated rings. The molecule has 0 unspecified atom stereocenters. The smallest absolute Gasteiger partial charge is 0.335 e. The number of hydrogen-bond acceptors (Lipinski definition) is 6. The molecule has 0 bridgehead atoms. The Hall–Kier alpha value is -3.52. The van der Waals surface area contributed by atoms with E-state index in [0.29, 0.717) is 51.6 Å². The largest absolute Gasteiger partial charge is 0.496 e. The first-order valence-electron chi connectivity index (χ1n) is 13.5. The van der Waals surface area contributed by atoms with E-state index < -0.39 is 11.6 Å². The van der Waals surface area contributed by atoms with Crippen molar-refractivity contribution in [1.29, 1.82) is 0 Å². The van der Waals surface area contributed by atoms with Gasteiger partial charge in [0.15, 0.2) is 0 Å². The average Bonchev–Trinajstić information content (AvgIpc) is 3.69. The van der Waals surface area contributed by atoms with Gasteiger partial charge in [0.1, 0.15) is 29.6 Å². The molecule has 0 atom stereocenters. The molecule has 4 aromatic rings. The maximum absolute atomic E-state index is 11.5. The predicted molar refractivity (Wildman–Crippen MR) is 155 cm³/mol. The van der Waals surface area contributed by atoms with Crippen molar-refractivity contribution in [3.05, 3.63) is 98.2 Å². The fourth-order valence-electron chi connectivity index (χ4n) is 5.76. The van der Waals surface area contributed by atoms with Crippen molar-refractivity contribution in [3.8, 4) is 22.8 Å². The summed E-state index contributed by atoms with van der Waals surface area (Å²) in [6, 6.07) is 15.8. The van der Waals surface area contributed by atoms with Gasteiger partial charge < -0.3 is 24.2 Å². The highest BCUT2D eigenvalue weighted by Gasteiger charge is 2.46. The summed E-state index contributed by atoms with van der Waals surface area (Å²) < 4.78 is 17.4. The molecule has 6 rings (SSSR count). The zero-order valence-electron chi connectivity index (χ0n) is 22.6. The first-order valence-corrected chi connectivity index (χ1v) is 14.2. The van der Waals surface area contributed by atoms with Crippen LogP contribution < -0.4 is 9.47 Å². The van der Waals surface area contributed by atoms with E-state index in [1.54, 1.807) is 37.4 Å². The van der Waals surface area contributed by atoms with Gasteiger partial charge in [-0.05, 0) is 86.1 Å². The second-order valence-electron chi connectivity index (χ2n) is 10.9. The van der Waals surface area contributed by atoms with Gasteiger partial charge >= 0.3 is 5.97 Å². The zero-order chi connectivity index (χ0) is 28.9. The zero-order valence-corrected chi connectivity index (χ0v) is 24.1. The highest BCUT2D eigenvalue weighted by atomic mass is 35.5. The minimum absolute atomic E-state index is 0.0673. The number of rotatable bonds is 9. The first kappa shape index (κ1) is 27.6. The van der Waals surface area contributed by atoms with Crippen LogP contribution in [0.1, 0.15) is 75.9 Å². The topological polar surface area (TPSA) is 102 Å². The molecule has 2 aliphatic carbocycles. The van der Waals surface area contributed by atoms with Gasteiger partial charge in [-0.2, -0.15) is 0 Å². The molecule has 1 heterocycles. The van der Waals surface area contributed by atoms with E-state index in [2.05, 4.69) is 5.16 Å². The van der Waals surface area contributed by atoms with Gasteiger partial charge in [-0.25, -0.2) is 4.79 Å². The summed E-state index contributed by atoms with van der Waals surface area (Å²) in [6.45, 7) is 2.22. The molecule has 0 radical (unpaired) electrons. The first-order chi connectivity index (χ1) is 19.7. The number of hydrogen-bond donors (Lipinski definition) is 2. The summed E-state index contributed by atoms with van der Waals surface area (Å²) in [5.41, 5.74) is 3.81. The monoisotopic (exact) mass is 593 g/mol. The number of methoxy groups -OCH3 is 1. The molecule has 2 N–H and O–H groups in total. The molecule has 2 aliphatic rings. The van der Waals surface area contributed by atoms with Gasteiger partial charge in [0.25, 0.3) is 0 Å². The highest BCUT2D eigenvalue weighted by Crippen LogP contribution is 2.54. The third kappa shape index (κ3) is 5.18.